The smallest absolute Gasteiger partial charge is 0.223 e. The van der Waals surface area contributed by atoms with Crippen LogP contribution in [0.2, 0.25) is 5.02 Å². The number of nitrogens with one attached hydrogen (secondary N) is 1. The van der Waals surface area contributed by atoms with E-state index in [1.165, 1.54) is 0 Å². The maximum Gasteiger partial charge on any atom is 0.223 e. The fraction of sp³-hybridized carbons (Fsp3) is 0.350. The van der Waals surface area contributed by atoms with E-state index < -0.39 is 0 Å². The van der Waals surface area contributed by atoms with Crippen molar-refractivity contribution in [1.29, 1.82) is 0 Å². The molecule has 3 rings (SSSR count). The third-order valence-electron chi connectivity index (χ3n) is 3.98. The minimum atomic E-state index is -0.0405. The van der Waals surface area contributed by atoms with Gasteiger partial charge in [0.25, 0.3) is 0 Å². The Kier molecular flexibility index (Phi) is 6.23. The lowest BCUT2D eigenvalue weighted by atomic mass is 10.1. The molecular formula is C20H22ClNO4. The van der Waals surface area contributed by atoms with Crippen molar-refractivity contribution in [2.75, 3.05) is 26.4 Å². The van der Waals surface area contributed by atoms with E-state index in [2.05, 4.69) is 5.32 Å². The molecule has 0 saturated heterocycles. The van der Waals surface area contributed by atoms with Crippen LogP contribution in [0.3, 0.4) is 0 Å². The number of carbonyl (C=O) groups excluding carboxylic acids is 1. The van der Waals surface area contributed by atoms with E-state index in [4.69, 9.17) is 25.8 Å². The zero-order chi connectivity index (χ0) is 18.4. The summed E-state index contributed by atoms with van der Waals surface area (Å²) >= 11 is 6.22. The minimum Gasteiger partial charge on any atom is -0.493 e. The highest BCUT2D eigenvalue weighted by atomic mass is 35.5. The van der Waals surface area contributed by atoms with E-state index in [9.17, 15) is 4.79 Å². The molecule has 0 unspecified atom stereocenters. The molecule has 1 heterocycles. The molecule has 1 amide bonds. The third-order valence-corrected chi connectivity index (χ3v) is 4.26. The van der Waals surface area contributed by atoms with Crippen LogP contribution in [0.25, 0.3) is 0 Å². The third kappa shape index (κ3) is 5.05. The van der Waals surface area contributed by atoms with Gasteiger partial charge in [-0.2, -0.15) is 0 Å². The second kappa shape index (κ2) is 8.81. The summed E-state index contributed by atoms with van der Waals surface area (Å²) in [5.74, 6) is 2.00. The summed E-state index contributed by atoms with van der Waals surface area (Å²) in [6, 6.07) is 11.5. The predicted molar refractivity (Wildman–Crippen MR) is 100 cm³/mol. The van der Waals surface area contributed by atoms with E-state index in [1.54, 1.807) is 0 Å². The second-order valence-corrected chi connectivity index (χ2v) is 6.52. The first-order valence-electron chi connectivity index (χ1n) is 8.66. The highest BCUT2D eigenvalue weighted by Gasteiger charge is 2.16. The van der Waals surface area contributed by atoms with E-state index in [1.807, 2.05) is 43.3 Å². The van der Waals surface area contributed by atoms with Crippen LogP contribution in [0, 0.1) is 6.92 Å². The standard InChI is InChI=1S/C20H22ClNO4/c1-14-3-2-4-16(11-14)24-8-6-19(23)22-7-5-15-12-17(21)20-18(13-15)25-9-10-26-20/h2-4,11-13H,5-10H2,1H3,(H,22,23). The molecule has 2 aromatic carbocycles. The molecule has 0 saturated carbocycles. The topological polar surface area (TPSA) is 56.8 Å². The van der Waals surface area contributed by atoms with Crippen molar-refractivity contribution in [1.82, 2.24) is 5.32 Å². The van der Waals surface area contributed by atoms with Crippen LogP contribution < -0.4 is 19.5 Å². The van der Waals surface area contributed by atoms with Gasteiger partial charge >= 0.3 is 0 Å². The highest BCUT2D eigenvalue weighted by molar-refractivity contribution is 6.32. The molecule has 1 aliphatic rings. The van der Waals surface area contributed by atoms with E-state index in [0.29, 0.717) is 55.7 Å². The molecule has 5 nitrogen and oxygen atoms in total. The number of ether oxygens (including phenoxy) is 3. The van der Waals surface area contributed by atoms with Crippen molar-refractivity contribution >= 4 is 17.5 Å². The molecule has 0 fully saturated rings. The molecule has 0 atom stereocenters. The average molecular weight is 376 g/mol. The Bertz CT molecular complexity index is 778. The Morgan fingerprint density at radius 2 is 2.08 bits per heavy atom. The number of aryl methyl sites for hydroxylation is 1. The lowest BCUT2D eigenvalue weighted by Crippen LogP contribution is -2.27. The van der Waals surface area contributed by atoms with Crippen molar-refractivity contribution in [2.24, 2.45) is 0 Å². The molecule has 0 aromatic heterocycles. The first-order valence-corrected chi connectivity index (χ1v) is 9.04. The van der Waals surface area contributed by atoms with Gasteiger partial charge in [-0.25, -0.2) is 0 Å². The number of rotatable bonds is 7. The van der Waals surface area contributed by atoms with Crippen LogP contribution in [0.5, 0.6) is 17.2 Å². The van der Waals surface area contributed by atoms with Gasteiger partial charge in [-0.05, 0) is 48.7 Å². The zero-order valence-electron chi connectivity index (χ0n) is 14.7. The number of hydrogen-bond acceptors (Lipinski definition) is 4. The number of fused-ring (bicyclic) bond motifs is 1. The first kappa shape index (κ1) is 18.4. The van der Waals surface area contributed by atoms with Crippen molar-refractivity contribution in [3.8, 4) is 17.2 Å². The predicted octanol–water partition coefficient (Wildman–Crippen LogP) is 3.55. The van der Waals surface area contributed by atoms with Gasteiger partial charge < -0.3 is 19.5 Å². The molecule has 0 bridgehead atoms. The van der Waals surface area contributed by atoms with Crippen molar-refractivity contribution in [3.05, 3.63) is 52.5 Å². The van der Waals surface area contributed by atoms with Crippen molar-refractivity contribution in [2.45, 2.75) is 19.8 Å². The monoisotopic (exact) mass is 375 g/mol. The molecule has 0 aliphatic carbocycles. The van der Waals surface area contributed by atoms with Crippen LogP contribution in [0.15, 0.2) is 36.4 Å². The number of carbonyl (C=O) groups is 1. The molecule has 1 N–H and O–H groups in total. The van der Waals surface area contributed by atoms with Crippen LogP contribution in [0.4, 0.5) is 0 Å². The summed E-state index contributed by atoms with van der Waals surface area (Å²) in [5.41, 5.74) is 2.13. The average Bonchev–Trinajstić information content (AvgIpc) is 2.62. The summed E-state index contributed by atoms with van der Waals surface area (Å²) in [6.45, 7) is 3.91. The Morgan fingerprint density at radius 1 is 1.23 bits per heavy atom. The Hall–Kier alpha value is -2.40. The molecule has 6 heteroatoms. The van der Waals surface area contributed by atoms with E-state index >= 15 is 0 Å². The first-order chi connectivity index (χ1) is 12.6. The Balaban J connectivity index is 1.40. The van der Waals surface area contributed by atoms with Gasteiger partial charge in [-0.15, -0.1) is 0 Å². The molecule has 0 spiro atoms. The maximum atomic E-state index is 11.9. The van der Waals surface area contributed by atoms with Crippen LogP contribution in [-0.4, -0.2) is 32.3 Å². The summed E-state index contributed by atoms with van der Waals surface area (Å²) in [7, 11) is 0. The number of amides is 1. The molecule has 138 valence electrons. The van der Waals surface area contributed by atoms with Gasteiger partial charge in [0.15, 0.2) is 11.5 Å². The zero-order valence-corrected chi connectivity index (χ0v) is 15.5. The number of benzene rings is 2. The second-order valence-electron chi connectivity index (χ2n) is 6.12. The quantitative estimate of drug-likeness (QED) is 0.804. The molecule has 26 heavy (non-hydrogen) atoms. The van der Waals surface area contributed by atoms with Crippen LogP contribution in [0.1, 0.15) is 17.5 Å². The minimum absolute atomic E-state index is 0.0405. The lowest BCUT2D eigenvalue weighted by molar-refractivity contribution is -0.121. The Labute approximate surface area is 158 Å². The summed E-state index contributed by atoms with van der Waals surface area (Å²) in [5, 5.41) is 3.43. The number of hydrogen-bond donors (Lipinski definition) is 1. The highest BCUT2D eigenvalue weighted by Crippen LogP contribution is 2.38. The fourth-order valence-corrected chi connectivity index (χ4v) is 3.00. The SMILES string of the molecule is Cc1cccc(OCCC(=O)NCCc2cc(Cl)c3c(c2)OCCO3)c1. The van der Waals surface area contributed by atoms with Gasteiger partial charge in [0, 0.05) is 6.54 Å². The lowest BCUT2D eigenvalue weighted by Gasteiger charge is -2.20. The molecule has 0 radical (unpaired) electrons. The normalized spacial score (nSPS) is 12.5. The van der Waals surface area contributed by atoms with Gasteiger partial charge in [0.05, 0.1) is 18.1 Å². The summed E-state index contributed by atoms with van der Waals surface area (Å²) in [4.78, 5) is 11.9. The van der Waals surface area contributed by atoms with E-state index in [0.717, 1.165) is 16.9 Å². The summed E-state index contributed by atoms with van der Waals surface area (Å²) in [6.07, 6.45) is 0.983. The van der Waals surface area contributed by atoms with Gasteiger partial charge in [0.2, 0.25) is 5.91 Å². The maximum absolute atomic E-state index is 11.9. The van der Waals surface area contributed by atoms with E-state index in [-0.39, 0.29) is 5.91 Å². The van der Waals surface area contributed by atoms with Gasteiger partial charge in [-0.1, -0.05) is 23.7 Å². The van der Waals surface area contributed by atoms with Crippen LogP contribution in [-0.2, 0) is 11.2 Å². The van der Waals surface area contributed by atoms with Gasteiger partial charge in [0.1, 0.15) is 19.0 Å². The Morgan fingerprint density at radius 3 is 2.92 bits per heavy atom. The molecular weight excluding hydrogens is 354 g/mol. The van der Waals surface area contributed by atoms with Gasteiger partial charge in [-0.3, -0.25) is 4.79 Å². The van der Waals surface area contributed by atoms with Crippen molar-refractivity contribution < 1.29 is 19.0 Å². The molecule has 2 aromatic rings. The number of halogens is 1. The largest absolute Gasteiger partial charge is 0.493 e. The van der Waals surface area contributed by atoms with Crippen molar-refractivity contribution in [3.63, 3.8) is 0 Å². The fourth-order valence-electron chi connectivity index (χ4n) is 2.71. The molecule has 1 aliphatic heterocycles. The van der Waals surface area contributed by atoms with Crippen LogP contribution >= 0.6 is 11.6 Å². The summed E-state index contributed by atoms with van der Waals surface area (Å²) < 4.78 is 16.7.